The van der Waals surface area contributed by atoms with E-state index in [1.165, 1.54) is 12.4 Å². The molecule has 2 unspecified atom stereocenters. The van der Waals surface area contributed by atoms with Gasteiger partial charge in [0.15, 0.2) is 0 Å². The van der Waals surface area contributed by atoms with Crippen molar-refractivity contribution in [2.75, 3.05) is 31.1 Å². The lowest BCUT2D eigenvalue weighted by atomic mass is 10.1. The van der Waals surface area contributed by atoms with E-state index in [1.807, 2.05) is 4.90 Å². The molecular weight excluding hydrogens is 381 g/mol. The van der Waals surface area contributed by atoms with Crippen LogP contribution in [0.25, 0.3) is 0 Å². The van der Waals surface area contributed by atoms with Crippen molar-refractivity contribution >= 4 is 17.4 Å². The molecule has 2 aromatic rings. The Kier molecular flexibility index (Phi) is 4.86. The van der Waals surface area contributed by atoms with Crippen LogP contribution in [0.4, 0.5) is 19.0 Å². The second kappa shape index (κ2) is 7.16. The van der Waals surface area contributed by atoms with Gasteiger partial charge in [-0.25, -0.2) is 9.97 Å². The summed E-state index contributed by atoms with van der Waals surface area (Å²) in [7, 11) is 0. The second-order valence-corrected chi connectivity index (χ2v) is 7.15. The lowest BCUT2D eigenvalue weighted by Gasteiger charge is -2.39. The summed E-state index contributed by atoms with van der Waals surface area (Å²) in [6.07, 6.45) is -0.863. The third-order valence-corrected chi connectivity index (χ3v) is 5.26. The molecule has 0 aromatic carbocycles. The summed E-state index contributed by atoms with van der Waals surface area (Å²) in [5, 5.41) is 0.537. The van der Waals surface area contributed by atoms with Crippen LogP contribution in [0.15, 0.2) is 36.7 Å². The number of hydrogen-bond acceptors (Lipinski definition) is 5. The van der Waals surface area contributed by atoms with E-state index < -0.39 is 11.7 Å². The van der Waals surface area contributed by atoms with E-state index in [0.29, 0.717) is 29.8 Å². The first-order valence-electron chi connectivity index (χ1n) is 8.70. The second-order valence-electron chi connectivity index (χ2n) is 6.71. The van der Waals surface area contributed by atoms with Gasteiger partial charge in [0.1, 0.15) is 11.9 Å². The predicted molar refractivity (Wildman–Crippen MR) is 95.1 cm³/mol. The van der Waals surface area contributed by atoms with Gasteiger partial charge in [0.2, 0.25) is 5.88 Å². The minimum atomic E-state index is -4.38. The van der Waals surface area contributed by atoms with Crippen LogP contribution >= 0.6 is 11.6 Å². The molecule has 0 amide bonds. The zero-order chi connectivity index (χ0) is 19.0. The van der Waals surface area contributed by atoms with Crippen LogP contribution < -0.4 is 9.64 Å². The largest absolute Gasteiger partial charge is 0.473 e. The Morgan fingerprint density at radius 2 is 1.96 bits per heavy atom. The molecule has 0 bridgehead atoms. The van der Waals surface area contributed by atoms with E-state index in [0.717, 1.165) is 31.6 Å². The molecule has 0 saturated carbocycles. The van der Waals surface area contributed by atoms with E-state index in [4.69, 9.17) is 16.3 Å². The molecule has 2 fully saturated rings. The van der Waals surface area contributed by atoms with Crippen molar-refractivity contribution in [3.05, 3.63) is 47.2 Å². The summed E-state index contributed by atoms with van der Waals surface area (Å²) in [5.41, 5.74) is -0.681. The smallest absolute Gasteiger partial charge is 0.416 e. The molecule has 0 radical (unpaired) electrons. The molecule has 144 valence electrons. The lowest BCUT2D eigenvalue weighted by molar-refractivity contribution is -0.137. The minimum absolute atomic E-state index is 0.0765. The number of rotatable bonds is 3. The Labute approximate surface area is 159 Å². The van der Waals surface area contributed by atoms with Crippen LogP contribution in [-0.4, -0.2) is 53.2 Å². The van der Waals surface area contributed by atoms with E-state index in [2.05, 4.69) is 14.9 Å². The van der Waals surface area contributed by atoms with Crippen molar-refractivity contribution in [2.24, 2.45) is 0 Å². The van der Waals surface area contributed by atoms with Crippen molar-refractivity contribution < 1.29 is 17.9 Å². The molecule has 0 N–H and O–H groups in total. The molecular formula is C18H18ClF3N4O. The third-order valence-electron chi connectivity index (χ3n) is 5.03. The molecule has 4 rings (SSSR count). The van der Waals surface area contributed by atoms with Crippen LogP contribution in [0, 0.1) is 0 Å². The highest BCUT2D eigenvalue weighted by Gasteiger charge is 2.40. The highest BCUT2D eigenvalue weighted by molar-refractivity contribution is 6.30. The number of anilines is 1. The quantitative estimate of drug-likeness (QED) is 0.791. The monoisotopic (exact) mass is 398 g/mol. The molecule has 2 saturated heterocycles. The van der Waals surface area contributed by atoms with Crippen LogP contribution in [0.1, 0.15) is 12.0 Å². The number of pyridine rings is 2. The summed E-state index contributed by atoms with van der Waals surface area (Å²) in [6, 6.07) is 5.62. The summed E-state index contributed by atoms with van der Waals surface area (Å²) < 4.78 is 45.0. The fourth-order valence-corrected chi connectivity index (χ4v) is 3.78. The Morgan fingerprint density at radius 3 is 2.70 bits per heavy atom. The molecule has 4 heterocycles. The first kappa shape index (κ1) is 18.3. The first-order chi connectivity index (χ1) is 12.9. The summed E-state index contributed by atoms with van der Waals surface area (Å²) in [5.74, 6) is 0.848. The number of alkyl halides is 3. The number of aromatic nitrogens is 2. The van der Waals surface area contributed by atoms with Gasteiger partial charge in [-0.2, -0.15) is 13.2 Å². The lowest BCUT2D eigenvalue weighted by Crippen LogP contribution is -2.54. The highest BCUT2D eigenvalue weighted by atomic mass is 35.5. The van der Waals surface area contributed by atoms with Gasteiger partial charge in [-0.15, -0.1) is 0 Å². The van der Waals surface area contributed by atoms with Gasteiger partial charge >= 0.3 is 6.18 Å². The summed E-state index contributed by atoms with van der Waals surface area (Å²) in [6.45, 7) is 2.85. The van der Waals surface area contributed by atoms with Crippen LogP contribution in [0.5, 0.6) is 5.88 Å². The molecule has 9 heteroatoms. The average Bonchev–Trinajstić information content (AvgIpc) is 3.05. The molecule has 5 nitrogen and oxygen atoms in total. The SMILES string of the molecule is FC(F)(F)c1ccnc(N2CCN3CCC(Oc4ccc(Cl)cn4)C3C2)c1. The van der Waals surface area contributed by atoms with Gasteiger partial charge in [-0.3, -0.25) is 4.90 Å². The Balaban J connectivity index is 1.49. The fraction of sp³-hybridized carbons (Fsp3) is 0.444. The first-order valence-corrected chi connectivity index (χ1v) is 9.08. The standard InChI is InChI=1S/C18H18ClF3N4O/c19-13-1-2-17(24-10-13)27-15-4-6-25-7-8-26(11-14(15)25)16-9-12(3-5-23-16)18(20,21)22/h1-3,5,9-10,14-15H,4,6-8,11H2. The zero-order valence-corrected chi connectivity index (χ0v) is 15.1. The minimum Gasteiger partial charge on any atom is -0.473 e. The summed E-state index contributed by atoms with van der Waals surface area (Å²) in [4.78, 5) is 12.5. The van der Waals surface area contributed by atoms with Crippen molar-refractivity contribution in [1.82, 2.24) is 14.9 Å². The van der Waals surface area contributed by atoms with Gasteiger partial charge in [-0.1, -0.05) is 11.6 Å². The number of ether oxygens (including phenoxy) is 1. The van der Waals surface area contributed by atoms with E-state index >= 15 is 0 Å². The van der Waals surface area contributed by atoms with E-state index in [-0.39, 0.29) is 12.1 Å². The summed E-state index contributed by atoms with van der Waals surface area (Å²) >= 11 is 5.85. The van der Waals surface area contributed by atoms with Gasteiger partial charge in [-0.05, 0) is 24.6 Å². The maximum atomic E-state index is 13.0. The van der Waals surface area contributed by atoms with Gasteiger partial charge in [0, 0.05) is 44.6 Å². The molecule has 0 spiro atoms. The zero-order valence-electron chi connectivity index (χ0n) is 14.4. The van der Waals surface area contributed by atoms with Crippen LogP contribution in [0.3, 0.4) is 0 Å². The van der Waals surface area contributed by atoms with Crippen molar-refractivity contribution in [3.63, 3.8) is 0 Å². The topological polar surface area (TPSA) is 41.5 Å². The van der Waals surface area contributed by atoms with Crippen LogP contribution in [-0.2, 0) is 6.18 Å². The van der Waals surface area contributed by atoms with Gasteiger partial charge in [0.05, 0.1) is 16.6 Å². The molecule has 2 aromatic heterocycles. The van der Waals surface area contributed by atoms with Crippen LogP contribution in [0.2, 0.25) is 5.02 Å². The molecule has 2 aliphatic rings. The number of piperazine rings is 1. The predicted octanol–water partition coefficient (Wildman–Crippen LogP) is 3.49. The Hall–Kier alpha value is -2.06. The molecule has 0 aliphatic carbocycles. The fourth-order valence-electron chi connectivity index (χ4n) is 3.66. The normalized spacial score (nSPS) is 23.3. The van der Waals surface area contributed by atoms with E-state index in [1.54, 1.807) is 12.1 Å². The third kappa shape index (κ3) is 3.96. The molecule has 2 aliphatic heterocycles. The Morgan fingerprint density at radius 1 is 1.11 bits per heavy atom. The number of nitrogens with zero attached hydrogens (tertiary/aromatic N) is 4. The van der Waals surface area contributed by atoms with E-state index in [9.17, 15) is 13.2 Å². The van der Waals surface area contributed by atoms with Crippen molar-refractivity contribution in [2.45, 2.75) is 24.7 Å². The maximum Gasteiger partial charge on any atom is 0.416 e. The average molecular weight is 399 g/mol. The number of fused-ring (bicyclic) bond motifs is 1. The number of hydrogen-bond donors (Lipinski definition) is 0. The van der Waals surface area contributed by atoms with Crippen molar-refractivity contribution in [1.29, 1.82) is 0 Å². The van der Waals surface area contributed by atoms with Gasteiger partial charge < -0.3 is 9.64 Å². The highest BCUT2D eigenvalue weighted by Crippen LogP contribution is 2.32. The van der Waals surface area contributed by atoms with Gasteiger partial charge in [0.25, 0.3) is 0 Å². The molecule has 2 atom stereocenters. The Bertz CT molecular complexity index is 802. The maximum absolute atomic E-state index is 13.0. The van der Waals surface area contributed by atoms with Crippen molar-refractivity contribution in [3.8, 4) is 5.88 Å². The number of halogens is 4. The molecule has 27 heavy (non-hydrogen) atoms.